The number of piperidine rings is 1. The SMILES string of the molecule is CC(C)(C)OC(=O)/N=C\C1CCCNC1. The van der Waals surface area contributed by atoms with E-state index in [-0.39, 0.29) is 0 Å². The molecular formula is C11H20N2O2. The number of aliphatic imine (C=N–C) groups is 1. The van der Waals surface area contributed by atoms with E-state index in [1.807, 2.05) is 20.8 Å². The largest absolute Gasteiger partial charge is 0.442 e. The fourth-order valence-corrected chi connectivity index (χ4v) is 1.46. The van der Waals surface area contributed by atoms with Gasteiger partial charge in [-0.05, 0) is 40.2 Å². The summed E-state index contributed by atoms with van der Waals surface area (Å²) in [6.45, 7) is 7.48. The molecule has 1 saturated heterocycles. The average molecular weight is 212 g/mol. The van der Waals surface area contributed by atoms with Crippen molar-refractivity contribution in [1.82, 2.24) is 5.32 Å². The fraction of sp³-hybridized carbons (Fsp3) is 0.818. The highest BCUT2D eigenvalue weighted by atomic mass is 16.6. The summed E-state index contributed by atoms with van der Waals surface area (Å²) in [5, 5.41) is 3.26. The number of hydrogen-bond donors (Lipinski definition) is 1. The van der Waals surface area contributed by atoms with E-state index in [0.29, 0.717) is 5.92 Å². The van der Waals surface area contributed by atoms with E-state index in [4.69, 9.17) is 4.74 Å². The standard InChI is InChI=1S/C11H20N2O2/c1-11(2,3)15-10(14)13-8-9-5-4-6-12-7-9/h8-9,12H,4-7H2,1-3H3/b13-8-. The monoisotopic (exact) mass is 212 g/mol. The molecule has 0 aromatic carbocycles. The lowest BCUT2D eigenvalue weighted by molar-refractivity contribution is 0.0604. The maximum atomic E-state index is 11.3. The van der Waals surface area contributed by atoms with Crippen molar-refractivity contribution in [1.29, 1.82) is 0 Å². The molecule has 1 N–H and O–H groups in total. The van der Waals surface area contributed by atoms with Crippen molar-refractivity contribution in [2.75, 3.05) is 13.1 Å². The van der Waals surface area contributed by atoms with Crippen molar-refractivity contribution >= 4 is 12.3 Å². The van der Waals surface area contributed by atoms with E-state index >= 15 is 0 Å². The third kappa shape index (κ3) is 5.52. The smallest absolute Gasteiger partial charge is 0.433 e. The predicted octanol–water partition coefficient (Wildman–Crippen LogP) is 1.99. The Kier molecular flexibility index (Phi) is 4.27. The Morgan fingerprint density at radius 3 is 2.80 bits per heavy atom. The van der Waals surface area contributed by atoms with Crippen LogP contribution in [0.1, 0.15) is 33.6 Å². The number of nitrogens with one attached hydrogen (secondary N) is 1. The van der Waals surface area contributed by atoms with Crippen LogP contribution in [0.5, 0.6) is 0 Å². The number of carbonyl (C=O) groups excluding carboxylic acids is 1. The summed E-state index contributed by atoms with van der Waals surface area (Å²) in [5.74, 6) is 0.367. The third-order valence-corrected chi connectivity index (χ3v) is 2.12. The summed E-state index contributed by atoms with van der Waals surface area (Å²) in [5.41, 5.74) is -0.459. The van der Waals surface area contributed by atoms with Crippen LogP contribution in [0.25, 0.3) is 0 Å². The lowest BCUT2D eigenvalue weighted by atomic mass is 10.0. The summed E-state index contributed by atoms with van der Waals surface area (Å²) in [7, 11) is 0. The molecule has 1 atom stereocenters. The minimum absolute atomic E-state index is 0.367. The van der Waals surface area contributed by atoms with E-state index in [9.17, 15) is 4.79 Å². The van der Waals surface area contributed by atoms with Gasteiger partial charge in [0.1, 0.15) is 5.60 Å². The van der Waals surface area contributed by atoms with E-state index in [0.717, 1.165) is 25.9 Å². The van der Waals surface area contributed by atoms with Gasteiger partial charge in [0.25, 0.3) is 0 Å². The van der Waals surface area contributed by atoms with Crippen LogP contribution >= 0.6 is 0 Å². The second-order valence-corrected chi connectivity index (χ2v) is 4.86. The molecule has 1 amide bonds. The number of nitrogens with zero attached hydrogens (tertiary/aromatic N) is 1. The Morgan fingerprint density at radius 1 is 1.53 bits per heavy atom. The molecule has 4 heteroatoms. The van der Waals surface area contributed by atoms with Crippen LogP contribution in [-0.4, -0.2) is 31.0 Å². The zero-order valence-corrected chi connectivity index (χ0v) is 9.75. The highest BCUT2D eigenvalue weighted by molar-refractivity contribution is 5.80. The average Bonchev–Trinajstić information content (AvgIpc) is 2.14. The van der Waals surface area contributed by atoms with Crippen LogP contribution in [0.2, 0.25) is 0 Å². The molecule has 1 aliphatic rings. The molecule has 0 radical (unpaired) electrons. The van der Waals surface area contributed by atoms with Crippen LogP contribution < -0.4 is 5.32 Å². The van der Waals surface area contributed by atoms with Gasteiger partial charge < -0.3 is 10.1 Å². The molecule has 0 saturated carbocycles. The van der Waals surface area contributed by atoms with Crippen molar-refractivity contribution < 1.29 is 9.53 Å². The summed E-state index contributed by atoms with van der Waals surface area (Å²) in [6, 6.07) is 0. The maximum absolute atomic E-state index is 11.3. The van der Waals surface area contributed by atoms with E-state index < -0.39 is 11.7 Å². The predicted molar refractivity (Wildman–Crippen MR) is 60.3 cm³/mol. The highest BCUT2D eigenvalue weighted by Crippen LogP contribution is 2.10. The van der Waals surface area contributed by atoms with Crippen LogP contribution in [-0.2, 0) is 4.74 Å². The van der Waals surface area contributed by atoms with Gasteiger partial charge in [-0.1, -0.05) is 0 Å². The van der Waals surface area contributed by atoms with Gasteiger partial charge in [0.15, 0.2) is 0 Å². The summed E-state index contributed by atoms with van der Waals surface area (Å²) in [6.07, 6.45) is 3.46. The first-order chi connectivity index (χ1) is 6.97. The Balaban J connectivity index is 2.33. The molecule has 86 valence electrons. The van der Waals surface area contributed by atoms with Crippen LogP contribution in [0, 0.1) is 5.92 Å². The summed E-state index contributed by atoms with van der Waals surface area (Å²) >= 11 is 0. The first kappa shape index (κ1) is 12.2. The number of amides is 1. The lowest BCUT2D eigenvalue weighted by Crippen LogP contribution is -2.30. The molecule has 15 heavy (non-hydrogen) atoms. The van der Waals surface area contributed by atoms with Gasteiger partial charge in [-0.25, -0.2) is 4.79 Å². The van der Waals surface area contributed by atoms with Gasteiger partial charge in [-0.15, -0.1) is 0 Å². The zero-order valence-electron chi connectivity index (χ0n) is 9.75. The molecule has 1 rings (SSSR count). The van der Waals surface area contributed by atoms with Crippen molar-refractivity contribution in [3.63, 3.8) is 0 Å². The van der Waals surface area contributed by atoms with Crippen molar-refractivity contribution in [3.8, 4) is 0 Å². The Hall–Kier alpha value is -0.900. The van der Waals surface area contributed by atoms with Crippen LogP contribution in [0.4, 0.5) is 4.79 Å². The molecule has 0 spiro atoms. The normalized spacial score (nSPS) is 23.0. The van der Waals surface area contributed by atoms with Crippen LogP contribution in [0.15, 0.2) is 4.99 Å². The molecule has 1 heterocycles. The number of ether oxygens (including phenoxy) is 1. The van der Waals surface area contributed by atoms with Crippen molar-refractivity contribution in [2.45, 2.75) is 39.2 Å². The fourth-order valence-electron chi connectivity index (χ4n) is 1.46. The lowest BCUT2D eigenvalue weighted by Gasteiger charge is -2.19. The van der Waals surface area contributed by atoms with Gasteiger partial charge >= 0.3 is 6.09 Å². The number of hydrogen-bond acceptors (Lipinski definition) is 3. The molecule has 0 aromatic rings. The third-order valence-electron chi connectivity index (χ3n) is 2.12. The molecule has 0 aliphatic carbocycles. The second kappa shape index (κ2) is 5.26. The molecule has 0 bridgehead atoms. The highest BCUT2D eigenvalue weighted by Gasteiger charge is 2.16. The number of carbonyl (C=O) groups is 1. The topological polar surface area (TPSA) is 50.7 Å². The Morgan fingerprint density at radius 2 is 2.27 bits per heavy atom. The number of rotatable bonds is 1. The first-order valence-corrected chi connectivity index (χ1v) is 5.45. The second-order valence-electron chi connectivity index (χ2n) is 4.86. The van der Waals surface area contributed by atoms with Crippen molar-refractivity contribution in [2.24, 2.45) is 10.9 Å². The van der Waals surface area contributed by atoms with Crippen LogP contribution in [0.3, 0.4) is 0 Å². The van der Waals surface area contributed by atoms with E-state index in [2.05, 4.69) is 10.3 Å². The first-order valence-electron chi connectivity index (χ1n) is 5.45. The van der Waals surface area contributed by atoms with E-state index in [1.165, 1.54) is 0 Å². The van der Waals surface area contributed by atoms with Crippen molar-refractivity contribution in [3.05, 3.63) is 0 Å². The molecule has 1 fully saturated rings. The summed E-state index contributed by atoms with van der Waals surface area (Å²) < 4.78 is 5.07. The van der Waals surface area contributed by atoms with Gasteiger partial charge in [0.05, 0.1) is 0 Å². The Bertz CT molecular complexity index is 237. The molecule has 0 aromatic heterocycles. The summed E-state index contributed by atoms with van der Waals surface area (Å²) in [4.78, 5) is 15.1. The van der Waals surface area contributed by atoms with Gasteiger partial charge in [-0.3, -0.25) is 0 Å². The van der Waals surface area contributed by atoms with E-state index in [1.54, 1.807) is 6.21 Å². The zero-order chi connectivity index (χ0) is 11.3. The minimum Gasteiger partial charge on any atom is -0.442 e. The molecule has 1 unspecified atom stereocenters. The van der Waals surface area contributed by atoms with Gasteiger partial charge in [0, 0.05) is 18.7 Å². The minimum atomic E-state index is -0.493. The quantitative estimate of drug-likeness (QED) is 0.676. The van der Waals surface area contributed by atoms with Gasteiger partial charge in [-0.2, -0.15) is 4.99 Å². The maximum Gasteiger partial charge on any atom is 0.433 e. The molecule has 1 aliphatic heterocycles. The molecular weight excluding hydrogens is 192 g/mol. The Labute approximate surface area is 91.1 Å². The molecule has 4 nitrogen and oxygen atoms in total. The van der Waals surface area contributed by atoms with Gasteiger partial charge in [0.2, 0.25) is 0 Å².